The molecule has 2 fully saturated rings. The Morgan fingerprint density at radius 3 is 2.77 bits per heavy atom. The van der Waals surface area contributed by atoms with E-state index < -0.39 is 0 Å². The third-order valence-electron chi connectivity index (χ3n) is 3.30. The second-order valence-electron chi connectivity index (χ2n) is 3.84. The molecule has 1 aliphatic carbocycles. The van der Waals surface area contributed by atoms with Gasteiger partial charge in [0.1, 0.15) is 5.78 Å². The molecule has 0 N–H and O–H groups in total. The van der Waals surface area contributed by atoms with E-state index in [0.717, 1.165) is 26.1 Å². The lowest BCUT2D eigenvalue weighted by Crippen LogP contribution is -2.57. The van der Waals surface area contributed by atoms with Crippen LogP contribution < -0.4 is 0 Å². The lowest BCUT2D eigenvalue weighted by atomic mass is 9.60. The van der Waals surface area contributed by atoms with Gasteiger partial charge in [0.05, 0.1) is 11.5 Å². The highest BCUT2D eigenvalue weighted by molar-refractivity contribution is 5.92. The fourth-order valence-electron chi connectivity index (χ4n) is 2.37. The third kappa shape index (κ3) is 1.30. The van der Waals surface area contributed by atoms with Crippen LogP contribution in [-0.2, 0) is 14.3 Å². The Kier molecular flexibility index (Phi) is 2.39. The molecule has 1 heterocycles. The zero-order valence-corrected chi connectivity index (χ0v) is 8.04. The predicted octanol–water partition coefficient (Wildman–Crippen LogP) is 1.16. The highest BCUT2D eigenvalue weighted by Gasteiger charge is 2.55. The summed E-state index contributed by atoms with van der Waals surface area (Å²) in [7, 11) is 0. The van der Waals surface area contributed by atoms with E-state index in [0.29, 0.717) is 18.8 Å². The van der Waals surface area contributed by atoms with Crippen molar-refractivity contribution in [3.63, 3.8) is 0 Å². The van der Waals surface area contributed by atoms with Crippen LogP contribution in [0.1, 0.15) is 26.2 Å². The van der Waals surface area contributed by atoms with Gasteiger partial charge in [0.15, 0.2) is 0 Å². The average molecular weight is 184 g/mol. The molecular weight excluding hydrogens is 168 g/mol. The largest absolute Gasteiger partial charge is 0.381 e. The third-order valence-corrected chi connectivity index (χ3v) is 3.30. The predicted molar refractivity (Wildman–Crippen MR) is 47.5 cm³/mol. The molecule has 2 aliphatic rings. The molecule has 1 atom stereocenters. The summed E-state index contributed by atoms with van der Waals surface area (Å²) in [5, 5.41) is 0. The second-order valence-corrected chi connectivity index (χ2v) is 3.84. The molecule has 0 aromatic heterocycles. The van der Waals surface area contributed by atoms with Gasteiger partial charge < -0.3 is 9.47 Å². The number of ketones is 1. The Bertz CT molecular complexity index is 206. The molecule has 1 saturated heterocycles. The fourth-order valence-corrected chi connectivity index (χ4v) is 2.37. The van der Waals surface area contributed by atoms with Gasteiger partial charge in [-0.1, -0.05) is 0 Å². The van der Waals surface area contributed by atoms with Crippen molar-refractivity contribution in [2.45, 2.75) is 32.3 Å². The van der Waals surface area contributed by atoms with Gasteiger partial charge in [-0.05, 0) is 19.8 Å². The van der Waals surface area contributed by atoms with E-state index in [1.54, 1.807) is 0 Å². The van der Waals surface area contributed by atoms with E-state index in [-0.39, 0.29) is 11.5 Å². The molecule has 3 nitrogen and oxygen atoms in total. The Balaban J connectivity index is 2.04. The SMILES string of the molecule is CCOC1CC(=O)C12CCOCC2. The Labute approximate surface area is 78.4 Å². The minimum absolute atomic E-state index is 0.158. The molecule has 1 saturated carbocycles. The van der Waals surface area contributed by atoms with Crippen molar-refractivity contribution in [3.8, 4) is 0 Å². The first-order chi connectivity index (χ1) is 6.29. The Hall–Kier alpha value is -0.410. The molecule has 13 heavy (non-hydrogen) atoms. The van der Waals surface area contributed by atoms with Gasteiger partial charge in [-0.25, -0.2) is 0 Å². The van der Waals surface area contributed by atoms with Crippen LogP contribution in [0.5, 0.6) is 0 Å². The van der Waals surface area contributed by atoms with Gasteiger partial charge in [0.25, 0.3) is 0 Å². The molecule has 0 amide bonds. The summed E-state index contributed by atoms with van der Waals surface area (Å²) < 4.78 is 10.8. The standard InChI is InChI=1S/C10H16O3/c1-2-13-9-7-8(11)10(9)3-5-12-6-4-10/h9H,2-7H2,1H3. The first-order valence-corrected chi connectivity index (χ1v) is 5.02. The van der Waals surface area contributed by atoms with Gasteiger partial charge in [0, 0.05) is 26.2 Å². The van der Waals surface area contributed by atoms with Crippen molar-refractivity contribution in [3.05, 3.63) is 0 Å². The number of Topliss-reactive ketones (excluding diaryl/α,β-unsaturated/α-hetero) is 1. The Morgan fingerprint density at radius 2 is 2.23 bits per heavy atom. The maximum Gasteiger partial charge on any atom is 0.144 e. The Morgan fingerprint density at radius 1 is 1.54 bits per heavy atom. The van der Waals surface area contributed by atoms with Crippen LogP contribution in [0.2, 0.25) is 0 Å². The normalized spacial score (nSPS) is 31.8. The molecule has 1 aliphatic heterocycles. The van der Waals surface area contributed by atoms with E-state index in [4.69, 9.17) is 9.47 Å². The molecule has 74 valence electrons. The summed E-state index contributed by atoms with van der Waals surface area (Å²) >= 11 is 0. The van der Waals surface area contributed by atoms with E-state index in [2.05, 4.69) is 0 Å². The van der Waals surface area contributed by atoms with Gasteiger partial charge in [0.2, 0.25) is 0 Å². The number of carbonyl (C=O) groups excluding carboxylic acids is 1. The fraction of sp³-hybridized carbons (Fsp3) is 0.900. The zero-order chi connectivity index (χ0) is 9.31. The van der Waals surface area contributed by atoms with Gasteiger partial charge in [-0.15, -0.1) is 0 Å². The molecule has 0 aromatic carbocycles. The van der Waals surface area contributed by atoms with Crippen molar-refractivity contribution in [1.82, 2.24) is 0 Å². The first kappa shape index (κ1) is 9.16. The summed E-state index contributed by atoms with van der Waals surface area (Å²) in [5.41, 5.74) is -0.158. The van der Waals surface area contributed by atoms with E-state index >= 15 is 0 Å². The molecule has 1 unspecified atom stereocenters. The first-order valence-electron chi connectivity index (χ1n) is 5.02. The molecule has 0 radical (unpaired) electrons. The second kappa shape index (κ2) is 3.39. The molecule has 3 heteroatoms. The monoisotopic (exact) mass is 184 g/mol. The smallest absolute Gasteiger partial charge is 0.144 e. The summed E-state index contributed by atoms with van der Waals surface area (Å²) in [4.78, 5) is 11.6. The maximum absolute atomic E-state index is 11.6. The summed E-state index contributed by atoms with van der Waals surface area (Å²) in [6, 6.07) is 0. The van der Waals surface area contributed by atoms with Gasteiger partial charge in [-0.3, -0.25) is 4.79 Å². The van der Waals surface area contributed by atoms with Crippen LogP contribution in [0.4, 0.5) is 0 Å². The van der Waals surface area contributed by atoms with Crippen molar-refractivity contribution < 1.29 is 14.3 Å². The average Bonchev–Trinajstić information content (AvgIpc) is 2.19. The topological polar surface area (TPSA) is 35.5 Å². The number of rotatable bonds is 2. The van der Waals surface area contributed by atoms with Crippen LogP contribution in [-0.4, -0.2) is 31.7 Å². The number of carbonyl (C=O) groups is 1. The zero-order valence-electron chi connectivity index (χ0n) is 8.04. The van der Waals surface area contributed by atoms with Crippen molar-refractivity contribution in [2.75, 3.05) is 19.8 Å². The molecule has 2 rings (SSSR count). The number of hydrogen-bond donors (Lipinski definition) is 0. The van der Waals surface area contributed by atoms with Gasteiger partial charge in [-0.2, -0.15) is 0 Å². The van der Waals surface area contributed by atoms with Crippen molar-refractivity contribution in [2.24, 2.45) is 5.41 Å². The highest BCUT2D eigenvalue weighted by Crippen LogP contribution is 2.47. The summed E-state index contributed by atoms with van der Waals surface area (Å²) in [6.45, 7) is 4.13. The number of hydrogen-bond acceptors (Lipinski definition) is 3. The van der Waals surface area contributed by atoms with Crippen LogP contribution in [0.3, 0.4) is 0 Å². The number of ether oxygens (including phenoxy) is 2. The van der Waals surface area contributed by atoms with Crippen LogP contribution in [0.15, 0.2) is 0 Å². The lowest BCUT2D eigenvalue weighted by molar-refractivity contribution is -0.176. The highest BCUT2D eigenvalue weighted by atomic mass is 16.5. The van der Waals surface area contributed by atoms with Gasteiger partial charge >= 0.3 is 0 Å². The minimum Gasteiger partial charge on any atom is -0.381 e. The van der Waals surface area contributed by atoms with Crippen molar-refractivity contribution >= 4 is 5.78 Å². The molecule has 0 bridgehead atoms. The summed E-state index contributed by atoms with van der Waals surface area (Å²) in [6.07, 6.45) is 2.51. The summed E-state index contributed by atoms with van der Waals surface area (Å²) in [5.74, 6) is 0.384. The molecule has 0 aromatic rings. The van der Waals surface area contributed by atoms with Crippen molar-refractivity contribution in [1.29, 1.82) is 0 Å². The minimum atomic E-state index is -0.158. The quantitative estimate of drug-likeness (QED) is 0.646. The van der Waals surface area contributed by atoms with E-state index in [9.17, 15) is 4.79 Å². The lowest BCUT2D eigenvalue weighted by Gasteiger charge is -2.49. The maximum atomic E-state index is 11.6. The van der Waals surface area contributed by atoms with Crippen LogP contribution in [0, 0.1) is 5.41 Å². The van der Waals surface area contributed by atoms with Crippen LogP contribution in [0.25, 0.3) is 0 Å². The van der Waals surface area contributed by atoms with E-state index in [1.807, 2.05) is 6.92 Å². The molecule has 1 spiro atoms. The van der Waals surface area contributed by atoms with Crippen LogP contribution >= 0.6 is 0 Å². The molecular formula is C10H16O3. The van der Waals surface area contributed by atoms with E-state index in [1.165, 1.54) is 0 Å².